The fourth-order valence-corrected chi connectivity index (χ4v) is 6.69. The molecule has 3 fully saturated rings. The maximum atomic E-state index is 6.18. The van der Waals surface area contributed by atoms with E-state index in [4.69, 9.17) is 33.8 Å². The van der Waals surface area contributed by atoms with Crippen molar-refractivity contribution >= 4 is 52.2 Å². The molecule has 0 atom stereocenters. The second kappa shape index (κ2) is 12.2. The molecule has 40 heavy (non-hydrogen) atoms. The van der Waals surface area contributed by atoms with E-state index in [-0.39, 0.29) is 5.41 Å². The lowest BCUT2D eigenvalue weighted by atomic mass is 9.79. The summed E-state index contributed by atoms with van der Waals surface area (Å²) < 4.78 is 0. The van der Waals surface area contributed by atoms with Gasteiger partial charge in [0.15, 0.2) is 5.11 Å². The molecule has 0 unspecified atom stereocenters. The lowest BCUT2D eigenvalue weighted by molar-refractivity contribution is 0.435. The Morgan fingerprint density at radius 1 is 0.775 bits per heavy atom. The van der Waals surface area contributed by atoms with Gasteiger partial charge in [-0.05, 0) is 67.7 Å². The molecule has 9 heteroatoms. The van der Waals surface area contributed by atoms with Gasteiger partial charge in [0, 0.05) is 68.0 Å². The lowest BCUT2D eigenvalue weighted by Crippen LogP contribution is -2.47. The van der Waals surface area contributed by atoms with Crippen molar-refractivity contribution in [3.8, 4) is 0 Å². The number of thiocarbonyl (C=S) groups is 1. The van der Waals surface area contributed by atoms with Crippen molar-refractivity contribution in [1.82, 2.24) is 15.3 Å². The molecule has 0 amide bonds. The van der Waals surface area contributed by atoms with Crippen LogP contribution in [0.4, 0.5) is 23.3 Å². The highest BCUT2D eigenvalue weighted by molar-refractivity contribution is 7.80. The molecule has 6 rings (SSSR count). The third-order valence-corrected chi connectivity index (χ3v) is 9.18. The molecule has 0 bridgehead atoms. The monoisotopic (exact) mass is 575 g/mol. The topological polar surface area (TPSA) is 59.6 Å². The third kappa shape index (κ3) is 6.13. The van der Waals surface area contributed by atoms with E-state index in [0.717, 1.165) is 75.3 Å². The van der Waals surface area contributed by atoms with Gasteiger partial charge in [0.25, 0.3) is 0 Å². The van der Waals surface area contributed by atoms with Crippen molar-refractivity contribution in [1.29, 1.82) is 0 Å². The van der Waals surface area contributed by atoms with Crippen LogP contribution in [0, 0.1) is 0 Å². The van der Waals surface area contributed by atoms with E-state index in [0.29, 0.717) is 11.1 Å². The van der Waals surface area contributed by atoms with Crippen LogP contribution in [-0.4, -0.2) is 60.9 Å². The summed E-state index contributed by atoms with van der Waals surface area (Å²) in [6.07, 6.45) is 7.14. The standard InChI is InChI=1S/C31H38ClN7S/c32-25-12-10-24(11-13-25)31(14-4-5-15-31)23-33-30(40)36-29-34-27(38-16-6-7-17-38)22-28(35-29)39-20-18-37(19-21-39)26-8-2-1-3-9-26/h1-3,8-13,22H,4-7,14-21,23H2,(H2,33,34,35,36,40). The summed E-state index contributed by atoms with van der Waals surface area (Å²) >= 11 is 12.0. The van der Waals surface area contributed by atoms with Gasteiger partial charge in [0.1, 0.15) is 11.6 Å². The minimum atomic E-state index is 0.0676. The zero-order chi connectivity index (χ0) is 27.4. The Hall–Kier alpha value is -3.10. The van der Waals surface area contributed by atoms with Crippen molar-refractivity contribution in [2.75, 3.05) is 65.8 Å². The van der Waals surface area contributed by atoms with Gasteiger partial charge >= 0.3 is 0 Å². The van der Waals surface area contributed by atoms with Gasteiger partial charge in [-0.15, -0.1) is 0 Å². The van der Waals surface area contributed by atoms with Crippen LogP contribution in [-0.2, 0) is 5.41 Å². The molecule has 3 aromatic rings. The quantitative estimate of drug-likeness (QED) is 0.340. The van der Waals surface area contributed by atoms with Crippen LogP contribution < -0.4 is 25.3 Å². The van der Waals surface area contributed by atoms with Crippen molar-refractivity contribution in [3.63, 3.8) is 0 Å². The number of nitrogens with zero attached hydrogens (tertiary/aromatic N) is 5. The first-order chi connectivity index (χ1) is 19.6. The number of aromatic nitrogens is 2. The predicted octanol–water partition coefficient (Wildman–Crippen LogP) is 5.86. The summed E-state index contributed by atoms with van der Waals surface area (Å²) in [7, 11) is 0. The molecule has 210 valence electrons. The van der Waals surface area contributed by atoms with Gasteiger partial charge in [-0.25, -0.2) is 0 Å². The lowest BCUT2D eigenvalue weighted by Gasteiger charge is -2.37. The van der Waals surface area contributed by atoms with Gasteiger partial charge in [0.05, 0.1) is 0 Å². The molecule has 2 saturated heterocycles. The van der Waals surface area contributed by atoms with Crippen LogP contribution in [0.2, 0.25) is 5.02 Å². The Balaban J connectivity index is 1.15. The number of nitrogens with one attached hydrogen (secondary N) is 2. The number of piperazine rings is 1. The van der Waals surface area contributed by atoms with Crippen LogP contribution >= 0.6 is 23.8 Å². The molecular weight excluding hydrogens is 538 g/mol. The fourth-order valence-electron chi connectivity index (χ4n) is 6.40. The van der Waals surface area contributed by atoms with Crippen molar-refractivity contribution in [2.45, 2.75) is 43.9 Å². The first kappa shape index (κ1) is 27.1. The molecule has 1 aromatic heterocycles. The number of hydrogen-bond donors (Lipinski definition) is 2. The minimum Gasteiger partial charge on any atom is -0.368 e. The second-order valence-electron chi connectivity index (χ2n) is 11.2. The summed E-state index contributed by atoms with van der Waals surface area (Å²) in [5, 5.41) is 8.19. The summed E-state index contributed by atoms with van der Waals surface area (Å²) in [5.41, 5.74) is 2.67. The number of hydrogen-bond acceptors (Lipinski definition) is 6. The summed E-state index contributed by atoms with van der Waals surface area (Å²) in [6.45, 7) is 6.59. The number of anilines is 4. The highest BCUT2D eigenvalue weighted by atomic mass is 35.5. The van der Waals surface area contributed by atoms with Gasteiger partial charge in [-0.1, -0.05) is 54.8 Å². The number of para-hydroxylation sites is 1. The first-order valence-corrected chi connectivity index (χ1v) is 15.4. The summed E-state index contributed by atoms with van der Waals surface area (Å²) in [5.74, 6) is 2.50. The van der Waals surface area contributed by atoms with Gasteiger partial charge < -0.3 is 25.3 Å². The molecule has 0 spiro atoms. The Kier molecular flexibility index (Phi) is 8.25. The molecule has 3 heterocycles. The molecule has 1 saturated carbocycles. The second-order valence-corrected chi connectivity index (χ2v) is 12.1. The highest BCUT2D eigenvalue weighted by Gasteiger charge is 2.35. The smallest absolute Gasteiger partial charge is 0.232 e. The van der Waals surface area contributed by atoms with Gasteiger partial charge in [-0.2, -0.15) is 9.97 Å². The molecular formula is C31H38ClN7S. The average molecular weight is 576 g/mol. The minimum absolute atomic E-state index is 0.0676. The predicted molar refractivity (Wildman–Crippen MR) is 170 cm³/mol. The van der Waals surface area contributed by atoms with Crippen molar-refractivity contribution in [2.24, 2.45) is 0 Å². The SMILES string of the molecule is S=C(NCC1(c2ccc(Cl)cc2)CCCC1)Nc1nc(N2CCCC2)cc(N2CCN(c3ccccc3)CC2)n1. The number of halogens is 1. The van der Waals surface area contributed by atoms with E-state index < -0.39 is 0 Å². The third-order valence-electron chi connectivity index (χ3n) is 8.68. The van der Waals surface area contributed by atoms with Gasteiger partial charge in [0.2, 0.25) is 5.95 Å². The van der Waals surface area contributed by atoms with Crippen LogP contribution in [0.25, 0.3) is 0 Å². The average Bonchev–Trinajstić information content (AvgIpc) is 3.71. The van der Waals surface area contributed by atoms with E-state index in [2.05, 4.69) is 73.9 Å². The van der Waals surface area contributed by atoms with E-state index in [9.17, 15) is 0 Å². The number of benzene rings is 2. The maximum Gasteiger partial charge on any atom is 0.232 e. The maximum absolute atomic E-state index is 6.18. The van der Waals surface area contributed by atoms with Crippen molar-refractivity contribution < 1.29 is 0 Å². The summed E-state index contributed by atoms with van der Waals surface area (Å²) in [6, 6.07) is 21.1. The first-order valence-electron chi connectivity index (χ1n) is 14.6. The van der Waals surface area contributed by atoms with E-state index in [1.807, 2.05) is 12.1 Å². The largest absolute Gasteiger partial charge is 0.368 e. The fraction of sp³-hybridized carbons (Fsp3) is 0.452. The zero-order valence-electron chi connectivity index (χ0n) is 23.0. The van der Waals surface area contributed by atoms with E-state index in [1.165, 1.54) is 36.9 Å². The molecule has 1 aliphatic carbocycles. The molecule has 2 N–H and O–H groups in total. The Morgan fingerprint density at radius 2 is 1.38 bits per heavy atom. The molecule has 2 aliphatic heterocycles. The van der Waals surface area contributed by atoms with Gasteiger partial charge in [-0.3, -0.25) is 0 Å². The van der Waals surface area contributed by atoms with Crippen LogP contribution in [0.15, 0.2) is 60.7 Å². The Morgan fingerprint density at radius 3 is 2.02 bits per heavy atom. The van der Waals surface area contributed by atoms with E-state index in [1.54, 1.807) is 0 Å². The number of rotatable bonds is 7. The summed E-state index contributed by atoms with van der Waals surface area (Å²) in [4.78, 5) is 17.0. The Labute approximate surface area is 247 Å². The van der Waals surface area contributed by atoms with Crippen LogP contribution in [0.3, 0.4) is 0 Å². The van der Waals surface area contributed by atoms with Crippen LogP contribution in [0.1, 0.15) is 44.1 Å². The molecule has 3 aliphatic rings. The van der Waals surface area contributed by atoms with Crippen LogP contribution in [0.5, 0.6) is 0 Å². The molecule has 7 nitrogen and oxygen atoms in total. The van der Waals surface area contributed by atoms with E-state index >= 15 is 0 Å². The molecule has 2 aromatic carbocycles. The molecule has 0 radical (unpaired) electrons. The zero-order valence-corrected chi connectivity index (χ0v) is 24.6. The van der Waals surface area contributed by atoms with Crippen molar-refractivity contribution in [3.05, 3.63) is 71.2 Å². The Bertz CT molecular complexity index is 1280. The highest BCUT2D eigenvalue weighted by Crippen LogP contribution is 2.41. The normalized spacial score (nSPS) is 18.7.